The molecule has 0 rings (SSSR count). The topological polar surface area (TPSA) is 111 Å². The van der Waals surface area contributed by atoms with Crippen LogP contribution in [-0.2, 0) is 32.7 Å². The fraction of sp³-hybridized carbons (Fsp3) is 0.548. The van der Waals surface area contributed by atoms with Gasteiger partial charge < -0.3 is 27.9 Å². The van der Waals surface area contributed by atoms with E-state index in [2.05, 4.69) is 154 Å². The van der Waals surface area contributed by atoms with Gasteiger partial charge in [-0.1, -0.05) is 210 Å². The summed E-state index contributed by atoms with van der Waals surface area (Å²) in [5, 5.41) is 0. The summed E-state index contributed by atoms with van der Waals surface area (Å²) in [5.74, 6) is -1.01. The first-order valence-electron chi connectivity index (χ1n) is 27.2. The maximum absolute atomic E-state index is 12.8. The van der Waals surface area contributed by atoms with Crippen molar-refractivity contribution >= 4 is 19.8 Å². The molecule has 0 aromatic heterocycles. The zero-order valence-corrected chi connectivity index (χ0v) is 46.4. The third-order valence-electron chi connectivity index (χ3n) is 10.6. The second kappa shape index (κ2) is 51.5. The summed E-state index contributed by atoms with van der Waals surface area (Å²) in [6.07, 6.45) is 77.5. The van der Waals surface area contributed by atoms with E-state index in [-0.39, 0.29) is 26.1 Å². The molecule has 0 heterocycles. The molecule has 404 valence electrons. The summed E-state index contributed by atoms with van der Waals surface area (Å²) >= 11 is 0. The highest BCUT2D eigenvalue weighted by Gasteiger charge is 2.21. The minimum absolute atomic E-state index is 0.0332. The Morgan fingerprint density at radius 3 is 1.18 bits per heavy atom. The minimum atomic E-state index is -4.67. The van der Waals surface area contributed by atoms with Crippen LogP contribution in [0.15, 0.2) is 158 Å². The van der Waals surface area contributed by atoms with Gasteiger partial charge in [0.15, 0.2) is 6.10 Å². The maximum atomic E-state index is 12.8. The fourth-order valence-corrected chi connectivity index (χ4v) is 7.18. The number of carbonyl (C=O) groups excluding carboxylic acids is 2. The van der Waals surface area contributed by atoms with Gasteiger partial charge in [0.05, 0.1) is 34.2 Å². The number of esters is 2. The van der Waals surface area contributed by atoms with Crippen molar-refractivity contribution in [2.45, 2.75) is 174 Å². The van der Waals surface area contributed by atoms with E-state index in [4.69, 9.17) is 18.5 Å². The van der Waals surface area contributed by atoms with E-state index in [1.54, 1.807) is 6.08 Å². The molecule has 0 aliphatic carbocycles. The maximum Gasteiger partial charge on any atom is 0.309 e. The lowest BCUT2D eigenvalue weighted by atomic mass is 10.1. The molecule has 0 bridgehead atoms. The molecule has 2 atom stereocenters. The number of unbranched alkanes of at least 4 members (excludes halogenated alkanes) is 8. The molecule has 0 saturated carbocycles. The lowest BCUT2D eigenvalue weighted by Gasteiger charge is -2.28. The summed E-state index contributed by atoms with van der Waals surface area (Å²) in [7, 11) is 1.09. The number of quaternary nitrogens is 1. The molecule has 0 radical (unpaired) electrons. The van der Waals surface area contributed by atoms with Gasteiger partial charge in [0.2, 0.25) is 0 Å². The second-order valence-corrected chi connectivity index (χ2v) is 19.9. The van der Waals surface area contributed by atoms with Crippen LogP contribution in [0, 0.1) is 0 Å². The Bertz CT molecular complexity index is 1770. The average molecular weight is 1020 g/mol. The number of likely N-dealkylation sites (N-methyl/N-ethyl adjacent to an activating group) is 1. The van der Waals surface area contributed by atoms with E-state index < -0.39 is 32.5 Å². The van der Waals surface area contributed by atoms with Crippen molar-refractivity contribution in [2.24, 2.45) is 0 Å². The molecule has 0 aromatic carbocycles. The Balaban J connectivity index is 4.29. The molecular weight excluding hydrogens is 918 g/mol. The van der Waals surface area contributed by atoms with Gasteiger partial charge in [0.1, 0.15) is 19.8 Å². The van der Waals surface area contributed by atoms with Crippen LogP contribution in [0.25, 0.3) is 0 Å². The first kappa shape index (κ1) is 67.6. The van der Waals surface area contributed by atoms with Gasteiger partial charge >= 0.3 is 11.9 Å². The number of allylic oxidation sites excluding steroid dienone is 25. The molecule has 0 aliphatic heterocycles. The zero-order chi connectivity index (χ0) is 52.7. The van der Waals surface area contributed by atoms with Crippen molar-refractivity contribution in [1.29, 1.82) is 0 Å². The van der Waals surface area contributed by atoms with Crippen molar-refractivity contribution in [1.82, 2.24) is 0 Å². The molecule has 10 heteroatoms. The predicted molar refractivity (Wildman–Crippen MR) is 304 cm³/mol. The van der Waals surface area contributed by atoms with E-state index in [0.717, 1.165) is 103 Å². The Morgan fingerprint density at radius 1 is 0.444 bits per heavy atom. The lowest BCUT2D eigenvalue weighted by molar-refractivity contribution is -0.870. The van der Waals surface area contributed by atoms with Gasteiger partial charge in [0, 0.05) is 6.42 Å². The van der Waals surface area contributed by atoms with Crippen LogP contribution in [0.3, 0.4) is 0 Å². The van der Waals surface area contributed by atoms with Gasteiger partial charge in [-0.25, -0.2) is 0 Å². The van der Waals surface area contributed by atoms with Gasteiger partial charge in [-0.2, -0.15) is 0 Å². The second-order valence-electron chi connectivity index (χ2n) is 18.5. The predicted octanol–water partition coefficient (Wildman–Crippen LogP) is 16.3. The highest BCUT2D eigenvalue weighted by atomic mass is 31.2. The van der Waals surface area contributed by atoms with Crippen LogP contribution in [-0.4, -0.2) is 70.0 Å². The van der Waals surface area contributed by atoms with Gasteiger partial charge in [-0.05, 0) is 103 Å². The number of phosphoric ester groups is 1. The van der Waals surface area contributed by atoms with Crippen LogP contribution >= 0.6 is 7.82 Å². The molecular formula is C62H98NO8P. The van der Waals surface area contributed by atoms with Crippen LogP contribution in [0.5, 0.6) is 0 Å². The number of hydrogen-bond acceptors (Lipinski definition) is 8. The zero-order valence-electron chi connectivity index (χ0n) is 45.5. The van der Waals surface area contributed by atoms with Crippen LogP contribution in [0.2, 0.25) is 0 Å². The van der Waals surface area contributed by atoms with Gasteiger partial charge in [0.25, 0.3) is 7.82 Å². The summed E-state index contributed by atoms with van der Waals surface area (Å²) in [6, 6.07) is 0. The Kier molecular flexibility index (Phi) is 48.4. The summed E-state index contributed by atoms with van der Waals surface area (Å²) < 4.78 is 33.9. The Hall–Kier alpha value is -4.37. The molecule has 2 unspecified atom stereocenters. The van der Waals surface area contributed by atoms with E-state index in [1.165, 1.54) is 25.7 Å². The molecule has 0 amide bonds. The Morgan fingerprint density at radius 2 is 0.792 bits per heavy atom. The first-order chi connectivity index (χ1) is 35.0. The molecule has 0 N–H and O–H groups in total. The fourth-order valence-electron chi connectivity index (χ4n) is 6.45. The number of nitrogens with zero attached hydrogens (tertiary/aromatic N) is 1. The molecule has 0 saturated heterocycles. The summed E-state index contributed by atoms with van der Waals surface area (Å²) in [4.78, 5) is 37.7. The number of hydrogen-bond donors (Lipinski definition) is 0. The van der Waals surface area contributed by atoms with Crippen LogP contribution in [0.1, 0.15) is 168 Å². The van der Waals surface area contributed by atoms with Crippen LogP contribution < -0.4 is 4.89 Å². The van der Waals surface area contributed by atoms with E-state index in [0.29, 0.717) is 23.9 Å². The molecule has 72 heavy (non-hydrogen) atoms. The smallest absolute Gasteiger partial charge is 0.309 e. The number of carbonyl (C=O) groups is 2. The Labute approximate surface area is 439 Å². The van der Waals surface area contributed by atoms with Crippen molar-refractivity contribution in [3.63, 3.8) is 0 Å². The summed E-state index contributed by atoms with van der Waals surface area (Å²) in [5.41, 5.74) is 0. The van der Waals surface area contributed by atoms with E-state index in [9.17, 15) is 19.0 Å². The van der Waals surface area contributed by atoms with Crippen molar-refractivity contribution < 1.29 is 42.1 Å². The molecule has 0 aliphatic rings. The van der Waals surface area contributed by atoms with Gasteiger partial charge in [-0.15, -0.1) is 0 Å². The standard InChI is InChI=1S/C62H98NO8P/c1-6-8-10-12-14-16-18-20-22-23-24-25-26-27-28-29-30-31-32-33-34-35-36-37-38-39-41-43-45-47-49-51-53-55-62(65)71-60(59-70-72(66,67)69-57-56-63(3,4)5)58-68-61(64)54-52-50-48-46-44-42-40-21-19-17-15-13-11-9-7-2/h8-11,14-17,20-22,24-25,27-28,30-31,33-34,36-37,40,44,46,50,52,60H,6-7,12-13,18-19,23,26,29,32,35,38-39,41-43,45,47-49,51,53-59H2,1-5H3/b10-8-,11-9-,16-14-,17-15-,22-20-,25-24-,28-27-,31-30-,34-33-,37-36-,40-21-,46-44-,52-50-. The van der Waals surface area contributed by atoms with Gasteiger partial charge in [-0.3, -0.25) is 14.2 Å². The van der Waals surface area contributed by atoms with Crippen molar-refractivity contribution in [3.05, 3.63) is 158 Å². The SMILES string of the molecule is CC/C=C\C/C=C\C/C=C\C/C=C\C/C=C\C/C=C\C/C=C\C/C=C\CCCCCCCCCCC(=O)OC(COC(=O)C/C=C\C/C=C\C/C=C\C/C=C\C/C=C\CC)COP(=O)([O-])OCC[N+](C)(C)C. The molecule has 0 aromatic rings. The highest BCUT2D eigenvalue weighted by Crippen LogP contribution is 2.38. The average Bonchev–Trinajstić information content (AvgIpc) is 3.34. The highest BCUT2D eigenvalue weighted by molar-refractivity contribution is 7.45. The van der Waals surface area contributed by atoms with Crippen molar-refractivity contribution in [3.8, 4) is 0 Å². The quantitative estimate of drug-likeness (QED) is 0.0195. The van der Waals surface area contributed by atoms with Crippen LogP contribution in [0.4, 0.5) is 0 Å². The molecule has 0 spiro atoms. The number of phosphoric acid groups is 1. The summed E-state index contributed by atoms with van der Waals surface area (Å²) in [6.45, 7) is 3.84. The molecule has 9 nitrogen and oxygen atoms in total. The monoisotopic (exact) mass is 1020 g/mol. The molecule has 0 fully saturated rings. The normalized spacial score (nSPS) is 14.6. The largest absolute Gasteiger partial charge is 0.756 e. The third-order valence-corrected chi connectivity index (χ3v) is 11.5. The van der Waals surface area contributed by atoms with E-state index in [1.807, 2.05) is 33.3 Å². The van der Waals surface area contributed by atoms with E-state index >= 15 is 0 Å². The third kappa shape index (κ3) is 55.0. The number of ether oxygens (including phenoxy) is 2. The minimum Gasteiger partial charge on any atom is -0.756 e. The number of rotatable bonds is 47. The first-order valence-corrected chi connectivity index (χ1v) is 28.7. The van der Waals surface area contributed by atoms with Crippen molar-refractivity contribution in [2.75, 3.05) is 47.5 Å². The lowest BCUT2D eigenvalue weighted by Crippen LogP contribution is -2.37.